The lowest BCUT2D eigenvalue weighted by Gasteiger charge is -2.13. The van der Waals surface area contributed by atoms with E-state index in [0.717, 1.165) is 24.0 Å². The second-order valence-corrected chi connectivity index (χ2v) is 5.47. The van der Waals surface area contributed by atoms with Gasteiger partial charge < -0.3 is 5.32 Å². The van der Waals surface area contributed by atoms with Gasteiger partial charge in [-0.3, -0.25) is 0 Å². The standard InChI is InChI=1S/C12H15N5S/c1-2-11(15-6-10-3-5-18-7-10)12(14-4-1)17-9-13-8-16-17/h1-2,4,8-10,15H,3,5-7H2. The molecule has 1 aliphatic rings. The predicted molar refractivity (Wildman–Crippen MR) is 73.1 cm³/mol. The lowest BCUT2D eigenvalue weighted by molar-refractivity contribution is 0.631. The topological polar surface area (TPSA) is 55.6 Å². The van der Waals surface area contributed by atoms with E-state index in [1.807, 2.05) is 23.9 Å². The van der Waals surface area contributed by atoms with E-state index in [9.17, 15) is 0 Å². The van der Waals surface area contributed by atoms with Crippen LogP contribution in [0.15, 0.2) is 31.0 Å². The first-order valence-electron chi connectivity index (χ1n) is 6.05. The van der Waals surface area contributed by atoms with Crippen LogP contribution in [0.5, 0.6) is 0 Å². The molecule has 6 heteroatoms. The average molecular weight is 261 g/mol. The van der Waals surface area contributed by atoms with Gasteiger partial charge in [0.05, 0.1) is 5.69 Å². The van der Waals surface area contributed by atoms with Gasteiger partial charge in [-0.05, 0) is 36.0 Å². The van der Waals surface area contributed by atoms with Crippen LogP contribution in [0.4, 0.5) is 5.69 Å². The van der Waals surface area contributed by atoms with Gasteiger partial charge in [-0.15, -0.1) is 0 Å². The molecule has 3 rings (SSSR count). The summed E-state index contributed by atoms with van der Waals surface area (Å²) in [5.41, 5.74) is 1.01. The van der Waals surface area contributed by atoms with Crippen molar-refractivity contribution < 1.29 is 0 Å². The van der Waals surface area contributed by atoms with E-state index in [1.165, 1.54) is 24.3 Å². The third-order valence-electron chi connectivity index (χ3n) is 3.03. The molecule has 5 nitrogen and oxygen atoms in total. The molecule has 0 saturated carbocycles. The lowest BCUT2D eigenvalue weighted by atomic mass is 10.1. The van der Waals surface area contributed by atoms with Crippen LogP contribution >= 0.6 is 11.8 Å². The summed E-state index contributed by atoms with van der Waals surface area (Å²) in [6.45, 7) is 1.00. The zero-order valence-corrected chi connectivity index (χ0v) is 10.8. The van der Waals surface area contributed by atoms with Crippen LogP contribution in [0.25, 0.3) is 5.82 Å². The maximum Gasteiger partial charge on any atom is 0.178 e. The van der Waals surface area contributed by atoms with Gasteiger partial charge in [-0.25, -0.2) is 14.6 Å². The normalized spacial score (nSPS) is 19.0. The lowest BCUT2D eigenvalue weighted by Crippen LogP contribution is -2.15. The van der Waals surface area contributed by atoms with Crippen molar-refractivity contribution in [3.63, 3.8) is 0 Å². The zero-order chi connectivity index (χ0) is 12.2. The first kappa shape index (κ1) is 11.5. The highest BCUT2D eigenvalue weighted by atomic mass is 32.2. The molecule has 2 aromatic rings. The molecule has 1 unspecified atom stereocenters. The number of anilines is 1. The molecule has 1 atom stereocenters. The van der Waals surface area contributed by atoms with Crippen molar-refractivity contribution in [1.29, 1.82) is 0 Å². The minimum Gasteiger partial charge on any atom is -0.382 e. The van der Waals surface area contributed by atoms with Gasteiger partial charge in [-0.1, -0.05) is 0 Å². The summed E-state index contributed by atoms with van der Waals surface area (Å²) in [6, 6.07) is 3.97. The first-order chi connectivity index (χ1) is 8.93. The molecular weight excluding hydrogens is 246 g/mol. The van der Waals surface area contributed by atoms with Crippen LogP contribution in [-0.2, 0) is 0 Å². The monoisotopic (exact) mass is 261 g/mol. The van der Waals surface area contributed by atoms with Crippen molar-refractivity contribution in [3.05, 3.63) is 31.0 Å². The van der Waals surface area contributed by atoms with Gasteiger partial charge in [0.15, 0.2) is 5.82 Å². The SMILES string of the molecule is c1cnc(-n2cncn2)c(NCC2CCSC2)c1. The van der Waals surface area contributed by atoms with E-state index in [4.69, 9.17) is 0 Å². The molecule has 18 heavy (non-hydrogen) atoms. The van der Waals surface area contributed by atoms with Crippen LogP contribution < -0.4 is 5.32 Å². The molecule has 0 radical (unpaired) electrons. The van der Waals surface area contributed by atoms with E-state index in [0.29, 0.717) is 0 Å². The summed E-state index contributed by atoms with van der Waals surface area (Å²) in [5, 5.41) is 7.60. The molecule has 0 bridgehead atoms. The number of hydrogen-bond acceptors (Lipinski definition) is 5. The van der Waals surface area contributed by atoms with Gasteiger partial charge in [0.2, 0.25) is 0 Å². The second-order valence-electron chi connectivity index (χ2n) is 4.33. The Kier molecular flexibility index (Phi) is 3.45. The summed E-state index contributed by atoms with van der Waals surface area (Å²) in [4.78, 5) is 8.32. The molecule has 1 fully saturated rings. The second kappa shape index (κ2) is 5.39. The summed E-state index contributed by atoms with van der Waals surface area (Å²) in [6.07, 6.45) is 6.26. The largest absolute Gasteiger partial charge is 0.382 e. The number of rotatable bonds is 4. The average Bonchev–Trinajstić information content (AvgIpc) is 3.10. The molecule has 1 aliphatic heterocycles. The Morgan fingerprint density at radius 3 is 3.28 bits per heavy atom. The molecule has 3 heterocycles. The van der Waals surface area contributed by atoms with E-state index in [1.54, 1.807) is 17.2 Å². The molecule has 94 valence electrons. The Hall–Kier alpha value is -1.56. The van der Waals surface area contributed by atoms with Crippen LogP contribution in [0.1, 0.15) is 6.42 Å². The maximum absolute atomic E-state index is 4.36. The molecule has 0 spiro atoms. The Morgan fingerprint density at radius 2 is 2.50 bits per heavy atom. The van der Waals surface area contributed by atoms with Crippen LogP contribution in [0.3, 0.4) is 0 Å². The summed E-state index contributed by atoms with van der Waals surface area (Å²) < 4.78 is 1.69. The molecular formula is C12H15N5S. The molecule has 0 aromatic carbocycles. The van der Waals surface area contributed by atoms with Gasteiger partial charge in [0.25, 0.3) is 0 Å². The first-order valence-corrected chi connectivity index (χ1v) is 7.20. The Balaban J connectivity index is 1.75. The molecule has 1 saturated heterocycles. The van der Waals surface area contributed by atoms with Crippen LogP contribution in [0, 0.1) is 5.92 Å². The highest BCUT2D eigenvalue weighted by Gasteiger charge is 2.16. The molecule has 0 amide bonds. The van der Waals surface area contributed by atoms with Crippen LogP contribution in [-0.4, -0.2) is 37.8 Å². The third kappa shape index (κ3) is 2.48. The van der Waals surface area contributed by atoms with Crippen molar-refractivity contribution in [2.24, 2.45) is 5.92 Å². The smallest absolute Gasteiger partial charge is 0.178 e. The number of hydrogen-bond donors (Lipinski definition) is 1. The van der Waals surface area contributed by atoms with Crippen molar-refractivity contribution in [2.75, 3.05) is 23.4 Å². The van der Waals surface area contributed by atoms with Crippen molar-refractivity contribution >= 4 is 17.4 Å². The van der Waals surface area contributed by atoms with E-state index in [-0.39, 0.29) is 0 Å². The Bertz CT molecular complexity index is 493. The van der Waals surface area contributed by atoms with E-state index in [2.05, 4.69) is 20.4 Å². The van der Waals surface area contributed by atoms with Gasteiger partial charge in [0.1, 0.15) is 12.7 Å². The Morgan fingerprint density at radius 1 is 1.50 bits per heavy atom. The molecule has 1 N–H and O–H groups in total. The summed E-state index contributed by atoms with van der Waals surface area (Å²) >= 11 is 2.04. The third-order valence-corrected chi connectivity index (χ3v) is 4.26. The zero-order valence-electron chi connectivity index (χ0n) is 9.99. The fraction of sp³-hybridized carbons (Fsp3) is 0.417. The predicted octanol–water partition coefficient (Wildman–Crippen LogP) is 1.83. The maximum atomic E-state index is 4.36. The van der Waals surface area contributed by atoms with Crippen molar-refractivity contribution in [2.45, 2.75) is 6.42 Å². The number of thioether (sulfide) groups is 1. The van der Waals surface area contributed by atoms with Crippen molar-refractivity contribution in [3.8, 4) is 5.82 Å². The summed E-state index contributed by atoms with van der Waals surface area (Å²) in [5.74, 6) is 4.11. The number of nitrogens with zero attached hydrogens (tertiary/aromatic N) is 4. The van der Waals surface area contributed by atoms with Crippen molar-refractivity contribution in [1.82, 2.24) is 19.7 Å². The quantitative estimate of drug-likeness (QED) is 0.910. The minimum absolute atomic E-state index is 0.763. The van der Waals surface area contributed by atoms with Gasteiger partial charge >= 0.3 is 0 Å². The highest BCUT2D eigenvalue weighted by Crippen LogP contribution is 2.24. The van der Waals surface area contributed by atoms with E-state index >= 15 is 0 Å². The number of aromatic nitrogens is 4. The number of pyridine rings is 1. The molecule has 0 aliphatic carbocycles. The fourth-order valence-electron chi connectivity index (χ4n) is 2.03. The minimum atomic E-state index is 0.763. The van der Waals surface area contributed by atoms with Gasteiger partial charge in [0, 0.05) is 12.7 Å². The number of nitrogens with one attached hydrogen (secondary N) is 1. The van der Waals surface area contributed by atoms with Gasteiger partial charge in [-0.2, -0.15) is 16.9 Å². The van der Waals surface area contributed by atoms with Crippen LogP contribution in [0.2, 0.25) is 0 Å². The van der Waals surface area contributed by atoms with E-state index < -0.39 is 0 Å². The fourth-order valence-corrected chi connectivity index (χ4v) is 3.32. The molecule has 2 aromatic heterocycles. The summed E-state index contributed by atoms with van der Waals surface area (Å²) in [7, 11) is 0. The Labute approximate surface area is 110 Å². The highest BCUT2D eigenvalue weighted by molar-refractivity contribution is 7.99.